The van der Waals surface area contributed by atoms with Gasteiger partial charge >= 0.3 is 22.4 Å². The molecule has 10 heavy (non-hydrogen) atoms. The quantitative estimate of drug-likeness (QED) is 0.355. The van der Waals surface area contributed by atoms with E-state index in [9.17, 15) is 0 Å². The third-order valence-electron chi connectivity index (χ3n) is 0.264. The molecule has 0 aliphatic rings. The minimum Gasteiger partial charge on any atom is -0.394 e. The molecule has 0 aromatic heterocycles. The first-order valence-corrected chi connectivity index (χ1v) is 2.11. The molecule has 0 spiro atoms. The second-order valence-electron chi connectivity index (χ2n) is 1.26. The molecule has 2 N–H and O–H groups in total. The van der Waals surface area contributed by atoms with E-state index in [4.69, 9.17) is 25.5 Å². The van der Waals surface area contributed by atoms with Gasteiger partial charge in [0.1, 0.15) is 0 Å². The molecule has 0 aliphatic heterocycles. The fourth-order valence-electron chi connectivity index (χ4n) is 0. The van der Waals surface area contributed by atoms with Crippen LogP contribution in [-0.2, 0) is 22.4 Å². The van der Waals surface area contributed by atoms with Crippen LogP contribution in [-0.4, -0.2) is 28.0 Å². The van der Waals surface area contributed by atoms with E-state index in [1.807, 2.05) is 0 Å². The molecule has 0 amide bonds. The second kappa shape index (κ2) is 11.6. The van der Waals surface area contributed by atoms with Gasteiger partial charge in [-0.05, 0) is 6.92 Å². The van der Waals surface area contributed by atoms with Crippen molar-refractivity contribution >= 4 is 0 Å². The average molecular weight is 246 g/mol. The van der Waals surface area contributed by atoms with E-state index in [0.29, 0.717) is 0 Å². The van der Waals surface area contributed by atoms with Crippen LogP contribution in [0.3, 0.4) is 0 Å². The molecule has 6 nitrogen and oxygen atoms in total. The molecule has 0 bridgehead atoms. The van der Waals surface area contributed by atoms with E-state index >= 15 is 0 Å². The average Bonchev–Trinajstić information content (AvgIpc) is 1.65. The Bertz CT molecular complexity index is 73.3. The van der Waals surface area contributed by atoms with Gasteiger partial charge in [-0.2, -0.15) is 0 Å². The van der Waals surface area contributed by atoms with Gasteiger partial charge in [-0.15, -0.1) is 0 Å². The van der Waals surface area contributed by atoms with E-state index in [1.54, 1.807) is 0 Å². The Morgan fingerprint density at radius 1 is 1.60 bits per heavy atom. The van der Waals surface area contributed by atoms with E-state index in [-0.39, 0.29) is 29.0 Å². The summed E-state index contributed by atoms with van der Waals surface area (Å²) in [6, 6.07) is 0. The molecule has 7 heteroatoms. The van der Waals surface area contributed by atoms with Gasteiger partial charge in [0.25, 0.3) is 0 Å². The third kappa shape index (κ3) is 107. The standard InChI is InChI=1S/C3H8O2.Ag.NO3/c1-3(5)2-4;;2-1(3)4/h3-5H,2H2,1H3;;/q;+1;-1. The number of hydrogen-bond acceptors (Lipinski definition) is 5. The predicted octanol–water partition coefficient (Wildman–Crippen LogP) is -0.882. The SMILES string of the molecule is CC(O)CO.O=[N+]([O-])[O-].[Ag+]. The van der Waals surface area contributed by atoms with Crippen LogP contribution in [0.1, 0.15) is 6.92 Å². The predicted molar refractivity (Wildman–Crippen MR) is 29.1 cm³/mol. The molecule has 0 aromatic rings. The maximum absolute atomic E-state index is 8.25. The van der Waals surface area contributed by atoms with Crippen LogP contribution in [0.2, 0.25) is 0 Å². The topological polar surface area (TPSA) is 107 Å². The molecular weight excluding hydrogens is 238 g/mol. The minimum atomic E-state index is -1.75. The molecule has 0 saturated heterocycles. The molecule has 66 valence electrons. The van der Waals surface area contributed by atoms with Crippen LogP contribution in [0, 0.1) is 15.3 Å². The van der Waals surface area contributed by atoms with Crippen molar-refractivity contribution in [3.63, 3.8) is 0 Å². The smallest absolute Gasteiger partial charge is 0.394 e. The van der Waals surface area contributed by atoms with Crippen molar-refractivity contribution in [3.05, 3.63) is 15.3 Å². The van der Waals surface area contributed by atoms with Crippen molar-refractivity contribution in [3.8, 4) is 0 Å². The molecule has 0 aliphatic carbocycles. The van der Waals surface area contributed by atoms with Crippen LogP contribution in [0.15, 0.2) is 0 Å². The van der Waals surface area contributed by atoms with Crippen LogP contribution in [0.5, 0.6) is 0 Å². The largest absolute Gasteiger partial charge is 1.00 e. The van der Waals surface area contributed by atoms with Gasteiger partial charge in [-0.1, -0.05) is 0 Å². The van der Waals surface area contributed by atoms with Crippen LogP contribution in [0.25, 0.3) is 0 Å². The molecule has 0 heterocycles. The fraction of sp³-hybridized carbons (Fsp3) is 1.00. The van der Waals surface area contributed by atoms with E-state index in [0.717, 1.165) is 0 Å². The summed E-state index contributed by atoms with van der Waals surface area (Å²) in [6.45, 7) is 1.39. The number of nitrogens with zero attached hydrogens (tertiary/aromatic N) is 1. The number of aliphatic hydroxyl groups excluding tert-OH is 2. The first-order chi connectivity index (χ1) is 4.00. The Morgan fingerprint density at radius 3 is 1.70 bits per heavy atom. The molecule has 0 fully saturated rings. The zero-order valence-corrected chi connectivity index (χ0v) is 6.63. The van der Waals surface area contributed by atoms with Gasteiger partial charge < -0.3 is 25.5 Å². The summed E-state index contributed by atoms with van der Waals surface area (Å²) in [7, 11) is 0. The van der Waals surface area contributed by atoms with Crippen molar-refractivity contribution in [2.75, 3.05) is 6.61 Å². The van der Waals surface area contributed by atoms with Gasteiger partial charge in [0, 0.05) is 0 Å². The Kier molecular flexibility index (Phi) is 19.1. The first kappa shape index (κ1) is 16.4. The molecule has 0 radical (unpaired) electrons. The summed E-state index contributed by atoms with van der Waals surface area (Å²) in [4.78, 5) is 8.25. The molecule has 0 aromatic carbocycles. The normalized spacial score (nSPS) is 9.90. The Morgan fingerprint density at radius 2 is 1.70 bits per heavy atom. The van der Waals surface area contributed by atoms with Crippen LogP contribution < -0.4 is 0 Å². The van der Waals surface area contributed by atoms with E-state index in [2.05, 4.69) is 0 Å². The van der Waals surface area contributed by atoms with Crippen molar-refractivity contribution in [1.29, 1.82) is 0 Å². The monoisotopic (exact) mass is 245 g/mol. The summed E-state index contributed by atoms with van der Waals surface area (Å²) in [5.41, 5.74) is 0. The van der Waals surface area contributed by atoms with Crippen molar-refractivity contribution in [2.24, 2.45) is 0 Å². The Hall–Kier alpha value is -0.140. The zero-order valence-electron chi connectivity index (χ0n) is 5.15. The van der Waals surface area contributed by atoms with E-state index < -0.39 is 11.2 Å². The second-order valence-corrected chi connectivity index (χ2v) is 1.26. The maximum atomic E-state index is 8.25. The number of hydrogen-bond donors (Lipinski definition) is 2. The Balaban J connectivity index is -0.0000000910. The van der Waals surface area contributed by atoms with Gasteiger partial charge in [-0.25, -0.2) is 0 Å². The zero-order chi connectivity index (χ0) is 7.86. The Labute approximate surface area is 73.1 Å². The fourth-order valence-corrected chi connectivity index (χ4v) is 0. The molecular formula is C3H8AgNO5. The summed E-state index contributed by atoms with van der Waals surface area (Å²) in [5, 5.41) is 30.8. The molecule has 1 atom stereocenters. The first-order valence-electron chi connectivity index (χ1n) is 2.11. The van der Waals surface area contributed by atoms with Crippen molar-refractivity contribution in [1.82, 2.24) is 0 Å². The summed E-state index contributed by atoms with van der Waals surface area (Å²) in [5.74, 6) is 0. The minimum absolute atomic E-state index is 0. The van der Waals surface area contributed by atoms with Crippen LogP contribution in [0.4, 0.5) is 0 Å². The summed E-state index contributed by atoms with van der Waals surface area (Å²) >= 11 is 0. The van der Waals surface area contributed by atoms with Crippen molar-refractivity contribution < 1.29 is 37.7 Å². The molecule has 0 rings (SSSR count). The van der Waals surface area contributed by atoms with Gasteiger partial charge in [0.05, 0.1) is 17.8 Å². The van der Waals surface area contributed by atoms with E-state index in [1.165, 1.54) is 6.92 Å². The van der Waals surface area contributed by atoms with Gasteiger partial charge in [0.2, 0.25) is 0 Å². The van der Waals surface area contributed by atoms with Crippen LogP contribution >= 0.6 is 0 Å². The van der Waals surface area contributed by atoms with Crippen molar-refractivity contribution in [2.45, 2.75) is 13.0 Å². The van der Waals surface area contributed by atoms with Gasteiger partial charge in [-0.3, -0.25) is 0 Å². The maximum Gasteiger partial charge on any atom is 1.00 e. The summed E-state index contributed by atoms with van der Waals surface area (Å²) in [6.07, 6.45) is -0.560. The number of rotatable bonds is 1. The summed E-state index contributed by atoms with van der Waals surface area (Å²) < 4.78 is 0. The molecule has 1 unspecified atom stereocenters. The van der Waals surface area contributed by atoms with Gasteiger partial charge in [0.15, 0.2) is 0 Å². The molecule has 0 saturated carbocycles. The third-order valence-corrected chi connectivity index (χ3v) is 0.264. The number of aliphatic hydroxyl groups is 2.